The summed E-state index contributed by atoms with van der Waals surface area (Å²) in [5.74, 6) is -0.299. The molecule has 0 spiro atoms. The molecule has 0 fully saturated rings. The molecular weight excluding hydrogens is 168 g/mol. The van der Waals surface area contributed by atoms with E-state index < -0.39 is 0 Å². The van der Waals surface area contributed by atoms with Crippen LogP contribution in [0.4, 0.5) is 0 Å². The number of cyclic esters (lactones) is 1. The summed E-state index contributed by atoms with van der Waals surface area (Å²) in [7, 11) is 0. The molecule has 0 bridgehead atoms. The van der Waals surface area contributed by atoms with Crippen LogP contribution in [-0.2, 0) is 11.3 Å². The summed E-state index contributed by atoms with van der Waals surface area (Å²) in [6.45, 7) is 1.79. The van der Waals surface area contributed by atoms with E-state index in [0.29, 0.717) is 11.1 Å². The minimum absolute atomic E-state index is 0.00199. The van der Waals surface area contributed by atoms with Crippen LogP contribution in [0.1, 0.15) is 33.2 Å². The van der Waals surface area contributed by atoms with Gasteiger partial charge in [-0.2, -0.15) is 0 Å². The molecule has 13 heavy (non-hydrogen) atoms. The first-order valence-electron chi connectivity index (χ1n) is 3.99. The Morgan fingerprint density at radius 3 is 2.92 bits per heavy atom. The molecule has 3 nitrogen and oxygen atoms in total. The van der Waals surface area contributed by atoms with Crippen molar-refractivity contribution in [2.24, 2.45) is 0 Å². The second-order valence-electron chi connectivity index (χ2n) is 3.00. The summed E-state index contributed by atoms with van der Waals surface area (Å²) in [4.78, 5) is 22.0. The van der Waals surface area contributed by atoms with Crippen molar-refractivity contribution in [2.45, 2.75) is 13.5 Å². The van der Waals surface area contributed by atoms with Crippen LogP contribution < -0.4 is 0 Å². The average molecular weight is 176 g/mol. The van der Waals surface area contributed by atoms with Crippen LogP contribution in [0.3, 0.4) is 0 Å². The van der Waals surface area contributed by atoms with Crippen molar-refractivity contribution in [1.29, 1.82) is 0 Å². The number of carbonyl (C=O) groups excluding carboxylic acids is 2. The largest absolute Gasteiger partial charge is 0.457 e. The van der Waals surface area contributed by atoms with Crippen molar-refractivity contribution in [3.05, 3.63) is 34.9 Å². The molecule has 3 heteroatoms. The Kier molecular flexibility index (Phi) is 1.65. The van der Waals surface area contributed by atoms with Gasteiger partial charge in [0, 0.05) is 11.1 Å². The zero-order valence-electron chi connectivity index (χ0n) is 7.16. The molecule has 1 aromatic rings. The van der Waals surface area contributed by atoms with Gasteiger partial charge in [0.2, 0.25) is 0 Å². The molecule has 1 heterocycles. The highest BCUT2D eigenvalue weighted by Crippen LogP contribution is 2.20. The molecule has 0 unspecified atom stereocenters. The van der Waals surface area contributed by atoms with Crippen molar-refractivity contribution in [3.8, 4) is 0 Å². The number of ether oxygens (including phenoxy) is 1. The molecule has 1 aliphatic heterocycles. The lowest BCUT2D eigenvalue weighted by Gasteiger charge is -1.96. The fourth-order valence-corrected chi connectivity index (χ4v) is 1.35. The van der Waals surface area contributed by atoms with Gasteiger partial charge in [0.25, 0.3) is 0 Å². The van der Waals surface area contributed by atoms with Crippen molar-refractivity contribution in [1.82, 2.24) is 0 Å². The number of rotatable bonds is 1. The molecule has 0 amide bonds. The number of carbonyl (C=O) groups is 2. The Morgan fingerprint density at radius 2 is 2.23 bits per heavy atom. The van der Waals surface area contributed by atoms with Crippen molar-refractivity contribution < 1.29 is 14.3 Å². The van der Waals surface area contributed by atoms with E-state index in [2.05, 4.69) is 0 Å². The summed E-state index contributed by atoms with van der Waals surface area (Å²) in [5.41, 5.74) is 2.00. The first-order chi connectivity index (χ1) is 6.18. The van der Waals surface area contributed by atoms with E-state index in [9.17, 15) is 9.59 Å². The lowest BCUT2D eigenvalue weighted by molar-refractivity contribution is 0.0535. The Balaban J connectivity index is 2.51. The Labute approximate surface area is 75.3 Å². The lowest BCUT2D eigenvalue weighted by atomic mass is 10.0. The highest BCUT2D eigenvalue weighted by Gasteiger charge is 2.21. The van der Waals surface area contributed by atoms with Gasteiger partial charge in [0.05, 0.1) is 5.56 Å². The molecule has 0 saturated carbocycles. The van der Waals surface area contributed by atoms with Gasteiger partial charge in [0.15, 0.2) is 5.78 Å². The molecule has 0 atom stereocenters. The van der Waals surface area contributed by atoms with E-state index in [1.54, 1.807) is 18.2 Å². The maximum Gasteiger partial charge on any atom is 0.338 e. The zero-order chi connectivity index (χ0) is 9.42. The van der Waals surface area contributed by atoms with Crippen LogP contribution in [0.15, 0.2) is 18.2 Å². The smallest absolute Gasteiger partial charge is 0.338 e. The Morgan fingerprint density at radius 1 is 1.46 bits per heavy atom. The molecule has 66 valence electrons. The number of fused-ring (bicyclic) bond motifs is 1. The number of hydrogen-bond donors (Lipinski definition) is 0. The van der Waals surface area contributed by atoms with Gasteiger partial charge < -0.3 is 4.74 Å². The monoisotopic (exact) mass is 176 g/mol. The predicted molar refractivity (Wildman–Crippen MR) is 45.6 cm³/mol. The summed E-state index contributed by atoms with van der Waals surface area (Å²) < 4.78 is 4.81. The molecule has 1 aromatic carbocycles. The van der Waals surface area contributed by atoms with Crippen molar-refractivity contribution >= 4 is 11.8 Å². The van der Waals surface area contributed by atoms with Gasteiger partial charge in [-0.25, -0.2) is 4.79 Å². The number of Topliss-reactive ketones (excluding diaryl/α,β-unsaturated/α-hetero) is 1. The van der Waals surface area contributed by atoms with Gasteiger partial charge >= 0.3 is 5.97 Å². The Hall–Kier alpha value is -1.64. The van der Waals surface area contributed by atoms with Crippen LogP contribution in [0, 0.1) is 0 Å². The predicted octanol–water partition coefficient (Wildman–Crippen LogP) is 1.56. The van der Waals surface area contributed by atoms with Crippen LogP contribution >= 0.6 is 0 Å². The number of esters is 1. The first kappa shape index (κ1) is 7.98. The summed E-state index contributed by atoms with van der Waals surface area (Å²) in [6.07, 6.45) is 0. The highest BCUT2D eigenvalue weighted by atomic mass is 16.5. The fraction of sp³-hybridized carbons (Fsp3) is 0.200. The normalized spacial score (nSPS) is 13.8. The van der Waals surface area contributed by atoms with Gasteiger partial charge in [-0.1, -0.05) is 6.07 Å². The Bertz CT molecular complexity index is 393. The molecule has 0 radical (unpaired) electrons. The maximum atomic E-state index is 11.0. The summed E-state index contributed by atoms with van der Waals surface area (Å²) in [5, 5.41) is 0. The van der Waals surface area contributed by atoms with E-state index in [-0.39, 0.29) is 18.4 Å². The third-order valence-corrected chi connectivity index (χ3v) is 2.09. The molecule has 2 rings (SSSR count). The standard InChI is InChI=1S/C10H8O3/c1-6(11)7-2-3-9-8(4-7)5-13-10(9)12/h2-4H,5H2,1H3. The third-order valence-electron chi connectivity index (χ3n) is 2.09. The van der Waals surface area contributed by atoms with E-state index in [0.717, 1.165) is 5.56 Å². The summed E-state index contributed by atoms with van der Waals surface area (Å²) in [6, 6.07) is 5.00. The minimum atomic E-state index is -0.301. The molecular formula is C10H8O3. The van der Waals surface area contributed by atoms with Gasteiger partial charge in [-0.3, -0.25) is 4.79 Å². The van der Waals surface area contributed by atoms with Crippen molar-refractivity contribution in [2.75, 3.05) is 0 Å². The van der Waals surface area contributed by atoms with Crippen LogP contribution in [0.25, 0.3) is 0 Å². The first-order valence-corrected chi connectivity index (χ1v) is 3.99. The fourth-order valence-electron chi connectivity index (χ4n) is 1.35. The molecule has 0 aliphatic carbocycles. The van der Waals surface area contributed by atoms with Crippen LogP contribution in [0.2, 0.25) is 0 Å². The van der Waals surface area contributed by atoms with Gasteiger partial charge in [-0.15, -0.1) is 0 Å². The minimum Gasteiger partial charge on any atom is -0.457 e. The maximum absolute atomic E-state index is 11.0. The van der Waals surface area contributed by atoms with E-state index in [4.69, 9.17) is 4.74 Å². The molecule has 0 aromatic heterocycles. The topological polar surface area (TPSA) is 43.4 Å². The average Bonchev–Trinajstić information content (AvgIpc) is 2.47. The SMILES string of the molecule is CC(=O)c1ccc2c(c1)COC2=O. The van der Waals surface area contributed by atoms with E-state index in [1.165, 1.54) is 6.92 Å². The second-order valence-corrected chi connectivity index (χ2v) is 3.00. The van der Waals surface area contributed by atoms with Crippen LogP contribution in [-0.4, -0.2) is 11.8 Å². The summed E-state index contributed by atoms with van der Waals surface area (Å²) >= 11 is 0. The third kappa shape index (κ3) is 1.22. The van der Waals surface area contributed by atoms with Gasteiger partial charge in [0.1, 0.15) is 6.61 Å². The second kappa shape index (κ2) is 2.69. The molecule has 1 aliphatic rings. The number of ketones is 1. The highest BCUT2D eigenvalue weighted by molar-refractivity contribution is 5.98. The van der Waals surface area contributed by atoms with E-state index in [1.807, 2.05) is 0 Å². The molecule has 0 saturated heterocycles. The number of hydrogen-bond acceptors (Lipinski definition) is 3. The van der Waals surface area contributed by atoms with E-state index >= 15 is 0 Å². The van der Waals surface area contributed by atoms with Crippen LogP contribution in [0.5, 0.6) is 0 Å². The zero-order valence-corrected chi connectivity index (χ0v) is 7.16. The molecule has 0 N–H and O–H groups in total. The lowest BCUT2D eigenvalue weighted by Crippen LogP contribution is -1.96. The quantitative estimate of drug-likeness (QED) is 0.481. The number of benzene rings is 1. The van der Waals surface area contributed by atoms with Crippen molar-refractivity contribution in [3.63, 3.8) is 0 Å². The van der Waals surface area contributed by atoms with Gasteiger partial charge in [-0.05, 0) is 19.1 Å².